The molecule has 3 aromatic carbocycles. The molecule has 1 aliphatic rings. The number of carbonyl (C=O) groups excluding carboxylic acids is 1. The number of hydrogen-bond donors (Lipinski definition) is 0. The Morgan fingerprint density at radius 3 is 2.41 bits per heavy atom. The van der Waals surface area contributed by atoms with E-state index in [1.54, 1.807) is 4.90 Å². The number of unbranched alkanes of at least 4 members (excludes halogenated alkanes) is 5. The van der Waals surface area contributed by atoms with Gasteiger partial charge in [-0.05, 0) is 42.3 Å². The van der Waals surface area contributed by atoms with Gasteiger partial charge in [0.25, 0.3) is 5.91 Å². The van der Waals surface area contributed by atoms with Crippen molar-refractivity contribution in [3.63, 3.8) is 0 Å². The molecular formula is C34H35N3O2S2. The molecule has 1 saturated heterocycles. The van der Waals surface area contributed by atoms with Crippen molar-refractivity contribution in [3.05, 3.63) is 107 Å². The first-order valence-electron chi connectivity index (χ1n) is 14.3. The maximum Gasteiger partial charge on any atom is 0.266 e. The van der Waals surface area contributed by atoms with Gasteiger partial charge in [0.15, 0.2) is 0 Å². The second kappa shape index (κ2) is 14.3. The third kappa shape index (κ3) is 7.54. The largest absolute Gasteiger partial charge is 0.489 e. The summed E-state index contributed by atoms with van der Waals surface area (Å²) in [7, 11) is 0. The maximum atomic E-state index is 13.4. The van der Waals surface area contributed by atoms with E-state index in [0.29, 0.717) is 22.4 Å². The Labute approximate surface area is 252 Å². The van der Waals surface area contributed by atoms with Gasteiger partial charge in [0.1, 0.15) is 22.4 Å². The van der Waals surface area contributed by atoms with Crippen LogP contribution in [0.3, 0.4) is 0 Å². The van der Waals surface area contributed by atoms with Crippen molar-refractivity contribution in [2.75, 3.05) is 6.54 Å². The van der Waals surface area contributed by atoms with Crippen LogP contribution >= 0.6 is 24.0 Å². The summed E-state index contributed by atoms with van der Waals surface area (Å²) in [6.07, 6.45) is 10.9. The van der Waals surface area contributed by atoms with E-state index < -0.39 is 0 Å². The average Bonchev–Trinajstić information content (AvgIpc) is 3.55. The predicted molar refractivity (Wildman–Crippen MR) is 173 cm³/mol. The van der Waals surface area contributed by atoms with Crippen LogP contribution in [0.1, 0.15) is 56.6 Å². The molecule has 4 aromatic rings. The smallest absolute Gasteiger partial charge is 0.266 e. The van der Waals surface area contributed by atoms with Gasteiger partial charge in [-0.1, -0.05) is 124 Å². The number of aromatic nitrogens is 2. The number of amides is 1. The Balaban J connectivity index is 1.39. The summed E-state index contributed by atoms with van der Waals surface area (Å²) in [5, 5.41) is 4.95. The standard InChI is InChI=1S/C34H35N3O2S2/c1-2-3-4-5-6-13-21-36-33(38)31(41-34(36)40)23-28-24-37(29-18-11-8-12-19-29)35-32(28)27-17-14-20-30(22-27)39-25-26-15-9-7-10-16-26/h7-12,14-20,22-24H,2-6,13,21,25H2,1H3/b31-23-. The zero-order valence-electron chi connectivity index (χ0n) is 23.4. The SMILES string of the molecule is CCCCCCCCN1C(=O)/C(=C/c2cn(-c3ccccc3)nc2-c2cccc(OCc3ccccc3)c2)SC1=S. The summed E-state index contributed by atoms with van der Waals surface area (Å²) >= 11 is 6.99. The highest BCUT2D eigenvalue weighted by Crippen LogP contribution is 2.35. The van der Waals surface area contributed by atoms with Crippen molar-refractivity contribution in [1.29, 1.82) is 0 Å². The number of thiocarbonyl (C=S) groups is 1. The van der Waals surface area contributed by atoms with Crippen LogP contribution in [0.15, 0.2) is 96.0 Å². The Morgan fingerprint density at radius 2 is 1.63 bits per heavy atom. The molecule has 0 N–H and O–H groups in total. The van der Waals surface area contributed by atoms with Crippen molar-refractivity contribution >= 4 is 40.3 Å². The minimum Gasteiger partial charge on any atom is -0.489 e. The molecule has 5 rings (SSSR count). The monoisotopic (exact) mass is 581 g/mol. The lowest BCUT2D eigenvalue weighted by atomic mass is 10.1. The predicted octanol–water partition coefficient (Wildman–Crippen LogP) is 8.68. The molecule has 5 nitrogen and oxygen atoms in total. The number of rotatable bonds is 13. The zero-order chi connectivity index (χ0) is 28.4. The highest BCUT2D eigenvalue weighted by Gasteiger charge is 2.32. The molecule has 1 aromatic heterocycles. The Bertz CT molecular complexity index is 1500. The summed E-state index contributed by atoms with van der Waals surface area (Å²) in [5.74, 6) is 0.740. The second-order valence-corrected chi connectivity index (χ2v) is 11.8. The van der Waals surface area contributed by atoms with Crippen molar-refractivity contribution < 1.29 is 9.53 Å². The minimum absolute atomic E-state index is 0.0214. The fourth-order valence-electron chi connectivity index (χ4n) is 4.79. The fraction of sp³-hybridized carbons (Fsp3) is 0.265. The molecule has 0 saturated carbocycles. The summed E-state index contributed by atoms with van der Waals surface area (Å²) in [6, 6.07) is 28.0. The molecule has 1 fully saturated rings. The third-order valence-electron chi connectivity index (χ3n) is 7.01. The molecule has 210 valence electrons. The van der Waals surface area contributed by atoms with Crippen LogP contribution < -0.4 is 4.74 Å². The number of para-hydroxylation sites is 1. The Hall–Kier alpha value is -3.68. The minimum atomic E-state index is -0.0214. The third-order valence-corrected chi connectivity index (χ3v) is 8.39. The molecule has 7 heteroatoms. The van der Waals surface area contributed by atoms with E-state index in [1.165, 1.54) is 37.4 Å². The molecule has 0 spiro atoms. The van der Waals surface area contributed by atoms with Crippen LogP contribution in [0.2, 0.25) is 0 Å². The van der Waals surface area contributed by atoms with E-state index in [0.717, 1.165) is 46.7 Å². The van der Waals surface area contributed by atoms with E-state index in [-0.39, 0.29) is 5.91 Å². The lowest BCUT2D eigenvalue weighted by Gasteiger charge is -2.14. The van der Waals surface area contributed by atoms with E-state index in [9.17, 15) is 4.79 Å². The summed E-state index contributed by atoms with van der Waals surface area (Å²) in [4.78, 5) is 15.8. The molecule has 0 unspecified atom stereocenters. The average molecular weight is 582 g/mol. The van der Waals surface area contributed by atoms with Gasteiger partial charge in [-0.2, -0.15) is 5.10 Å². The first kappa shape index (κ1) is 28.8. The Kier molecular flexibility index (Phi) is 10.0. The summed E-state index contributed by atoms with van der Waals surface area (Å²) in [5.41, 5.74) is 4.60. The van der Waals surface area contributed by atoms with E-state index >= 15 is 0 Å². The van der Waals surface area contributed by atoms with Gasteiger partial charge in [-0.25, -0.2) is 4.68 Å². The first-order valence-corrected chi connectivity index (χ1v) is 15.5. The normalized spacial score (nSPS) is 14.3. The summed E-state index contributed by atoms with van der Waals surface area (Å²) in [6.45, 7) is 3.37. The number of carbonyl (C=O) groups is 1. The molecular weight excluding hydrogens is 547 g/mol. The van der Waals surface area contributed by atoms with Crippen LogP contribution in [-0.4, -0.2) is 31.5 Å². The quantitative estimate of drug-likeness (QED) is 0.0898. The molecule has 1 aliphatic heterocycles. The number of ether oxygens (including phenoxy) is 1. The van der Waals surface area contributed by atoms with Crippen molar-refractivity contribution in [1.82, 2.24) is 14.7 Å². The molecule has 0 aliphatic carbocycles. The van der Waals surface area contributed by atoms with E-state index in [2.05, 4.69) is 6.92 Å². The van der Waals surface area contributed by atoms with Crippen LogP contribution in [-0.2, 0) is 11.4 Å². The van der Waals surface area contributed by atoms with Crippen molar-refractivity contribution in [2.24, 2.45) is 0 Å². The van der Waals surface area contributed by atoms with Gasteiger partial charge in [-0.15, -0.1) is 0 Å². The Morgan fingerprint density at radius 1 is 0.902 bits per heavy atom. The van der Waals surface area contributed by atoms with Crippen LogP contribution in [0.25, 0.3) is 23.0 Å². The number of thioether (sulfide) groups is 1. The van der Waals surface area contributed by atoms with Gasteiger partial charge < -0.3 is 4.74 Å². The van der Waals surface area contributed by atoms with Gasteiger partial charge in [0.05, 0.1) is 10.6 Å². The van der Waals surface area contributed by atoms with E-state index in [4.69, 9.17) is 22.1 Å². The fourth-order valence-corrected chi connectivity index (χ4v) is 6.09. The maximum absolute atomic E-state index is 13.4. The lowest BCUT2D eigenvalue weighted by molar-refractivity contribution is -0.122. The van der Waals surface area contributed by atoms with E-state index in [1.807, 2.05) is 102 Å². The number of benzene rings is 3. The zero-order valence-corrected chi connectivity index (χ0v) is 25.0. The van der Waals surface area contributed by atoms with Gasteiger partial charge >= 0.3 is 0 Å². The highest BCUT2D eigenvalue weighted by molar-refractivity contribution is 8.26. The van der Waals surface area contributed by atoms with Crippen LogP contribution in [0.4, 0.5) is 0 Å². The lowest BCUT2D eigenvalue weighted by Crippen LogP contribution is -2.29. The topological polar surface area (TPSA) is 47.4 Å². The second-order valence-electron chi connectivity index (χ2n) is 10.1. The molecule has 0 atom stereocenters. The molecule has 1 amide bonds. The van der Waals surface area contributed by atoms with Crippen molar-refractivity contribution in [3.8, 4) is 22.7 Å². The van der Waals surface area contributed by atoms with Crippen LogP contribution in [0, 0.1) is 0 Å². The number of nitrogens with zero attached hydrogens (tertiary/aromatic N) is 3. The first-order chi connectivity index (χ1) is 20.1. The number of hydrogen-bond acceptors (Lipinski definition) is 5. The van der Waals surface area contributed by atoms with Crippen LogP contribution in [0.5, 0.6) is 5.75 Å². The van der Waals surface area contributed by atoms with Gasteiger partial charge in [0.2, 0.25) is 0 Å². The summed E-state index contributed by atoms with van der Waals surface area (Å²) < 4.78 is 8.59. The highest BCUT2D eigenvalue weighted by atomic mass is 32.2. The van der Waals surface area contributed by atoms with Gasteiger partial charge in [-0.3, -0.25) is 9.69 Å². The molecule has 0 bridgehead atoms. The molecule has 0 radical (unpaired) electrons. The van der Waals surface area contributed by atoms with Gasteiger partial charge in [0, 0.05) is 23.9 Å². The van der Waals surface area contributed by atoms with Crippen molar-refractivity contribution in [2.45, 2.75) is 52.1 Å². The molecule has 2 heterocycles. The molecule has 41 heavy (non-hydrogen) atoms.